The summed E-state index contributed by atoms with van der Waals surface area (Å²) in [7, 11) is -0.505. The van der Waals surface area contributed by atoms with E-state index in [2.05, 4.69) is 10.0 Å². The molecule has 0 spiro atoms. The Labute approximate surface area is 136 Å². The molecule has 1 heterocycles. The predicted molar refractivity (Wildman–Crippen MR) is 88.2 cm³/mol. The second kappa shape index (κ2) is 7.24. The number of piperidine rings is 1. The van der Waals surface area contributed by atoms with Crippen LogP contribution < -0.4 is 14.9 Å². The summed E-state index contributed by atoms with van der Waals surface area (Å²) in [6.07, 6.45) is 1.91. The van der Waals surface area contributed by atoms with Crippen LogP contribution in [-0.4, -0.2) is 47.1 Å². The molecule has 2 N–H and O–H groups in total. The maximum Gasteiger partial charge on any atom is 0.293 e. The predicted octanol–water partition coefficient (Wildman–Crippen LogP) is 0.939. The summed E-state index contributed by atoms with van der Waals surface area (Å²) in [5.74, 6) is 0.569. The molecule has 1 fully saturated rings. The first-order chi connectivity index (χ1) is 10.9. The maximum atomic E-state index is 11.8. The van der Waals surface area contributed by atoms with Gasteiger partial charge in [0, 0.05) is 19.2 Å². The van der Waals surface area contributed by atoms with E-state index in [4.69, 9.17) is 0 Å². The van der Waals surface area contributed by atoms with Crippen molar-refractivity contribution in [3.05, 3.63) is 28.3 Å². The molecule has 1 saturated heterocycles. The van der Waals surface area contributed by atoms with Crippen LogP contribution >= 0.6 is 0 Å². The molecule has 9 heteroatoms. The van der Waals surface area contributed by atoms with E-state index in [1.54, 1.807) is 0 Å². The number of rotatable bonds is 6. The zero-order valence-electron chi connectivity index (χ0n) is 13.3. The Morgan fingerprint density at radius 1 is 1.30 bits per heavy atom. The lowest BCUT2D eigenvalue weighted by Crippen LogP contribution is -2.37. The molecule has 1 aromatic carbocycles. The summed E-state index contributed by atoms with van der Waals surface area (Å²) in [4.78, 5) is 12.7. The van der Waals surface area contributed by atoms with Crippen molar-refractivity contribution < 1.29 is 13.3 Å². The third-order valence-corrected chi connectivity index (χ3v) is 5.58. The Balaban J connectivity index is 2.28. The van der Waals surface area contributed by atoms with Crippen LogP contribution in [0.15, 0.2) is 23.1 Å². The van der Waals surface area contributed by atoms with Crippen molar-refractivity contribution >= 4 is 21.4 Å². The van der Waals surface area contributed by atoms with E-state index in [0.717, 1.165) is 38.5 Å². The maximum absolute atomic E-state index is 11.8. The van der Waals surface area contributed by atoms with Crippen LogP contribution in [0.5, 0.6) is 0 Å². The highest BCUT2D eigenvalue weighted by molar-refractivity contribution is 7.89. The molecule has 0 saturated carbocycles. The van der Waals surface area contributed by atoms with E-state index < -0.39 is 14.9 Å². The van der Waals surface area contributed by atoms with Crippen LogP contribution in [0.25, 0.3) is 0 Å². The van der Waals surface area contributed by atoms with E-state index in [1.165, 1.54) is 19.2 Å². The molecule has 2 rings (SSSR count). The number of hydrogen-bond donors (Lipinski definition) is 2. The van der Waals surface area contributed by atoms with Gasteiger partial charge in [-0.1, -0.05) is 0 Å². The lowest BCUT2D eigenvalue weighted by Gasteiger charge is -2.33. The molecule has 0 atom stereocenters. The molecule has 1 aliphatic heterocycles. The summed E-state index contributed by atoms with van der Waals surface area (Å²) in [6.45, 7) is 2.39. The lowest BCUT2D eigenvalue weighted by molar-refractivity contribution is -0.384. The summed E-state index contributed by atoms with van der Waals surface area (Å²) >= 11 is 0. The first-order valence-electron chi connectivity index (χ1n) is 7.50. The average Bonchev–Trinajstić information content (AvgIpc) is 2.55. The smallest absolute Gasteiger partial charge is 0.293 e. The number of hydrogen-bond acceptors (Lipinski definition) is 6. The minimum atomic E-state index is -3.70. The molecule has 0 aliphatic carbocycles. The Morgan fingerprint density at radius 2 is 1.96 bits per heavy atom. The molecule has 0 aromatic heterocycles. The van der Waals surface area contributed by atoms with Crippen LogP contribution in [-0.2, 0) is 10.0 Å². The summed E-state index contributed by atoms with van der Waals surface area (Å²) in [5, 5.41) is 14.5. The van der Waals surface area contributed by atoms with Crippen LogP contribution in [0.4, 0.5) is 11.4 Å². The van der Waals surface area contributed by atoms with Gasteiger partial charge in [-0.15, -0.1) is 0 Å². The van der Waals surface area contributed by atoms with Crippen LogP contribution in [0.3, 0.4) is 0 Å². The largest absolute Gasteiger partial charge is 0.366 e. The molecule has 8 nitrogen and oxygen atoms in total. The number of nitrogens with one attached hydrogen (secondary N) is 2. The van der Waals surface area contributed by atoms with E-state index in [0.29, 0.717) is 11.6 Å². The SMILES string of the molecule is CNCC1CCN(c2ccc(S(=O)(=O)NC)cc2[N+](=O)[O-])CC1. The summed E-state index contributed by atoms with van der Waals surface area (Å²) < 4.78 is 25.8. The summed E-state index contributed by atoms with van der Waals surface area (Å²) in [6, 6.07) is 4.06. The highest BCUT2D eigenvalue weighted by Gasteiger charge is 2.26. The minimum Gasteiger partial charge on any atom is -0.366 e. The normalized spacial score (nSPS) is 16.5. The molecule has 23 heavy (non-hydrogen) atoms. The van der Waals surface area contributed by atoms with Gasteiger partial charge in [0.15, 0.2) is 0 Å². The topological polar surface area (TPSA) is 105 Å². The van der Waals surface area contributed by atoms with E-state index in [-0.39, 0.29) is 10.6 Å². The zero-order chi connectivity index (χ0) is 17.0. The monoisotopic (exact) mass is 342 g/mol. The number of nitrogens with zero attached hydrogens (tertiary/aromatic N) is 2. The molecule has 0 unspecified atom stereocenters. The van der Waals surface area contributed by atoms with Crippen LogP contribution in [0, 0.1) is 16.0 Å². The zero-order valence-corrected chi connectivity index (χ0v) is 14.1. The fourth-order valence-corrected chi connectivity index (χ4v) is 3.62. The second-order valence-corrected chi connectivity index (χ2v) is 7.49. The standard InChI is InChI=1S/C14H22N4O4S/c1-15-10-11-5-7-17(8-6-11)13-4-3-12(23(21,22)16-2)9-14(13)18(19)20/h3-4,9,11,15-16H,5-8,10H2,1-2H3. The molecule has 128 valence electrons. The Hall–Kier alpha value is -1.71. The Bertz CT molecular complexity index is 669. The fraction of sp³-hybridized carbons (Fsp3) is 0.571. The van der Waals surface area contributed by atoms with Crippen LogP contribution in [0.2, 0.25) is 0 Å². The van der Waals surface area contributed by atoms with Crippen molar-refractivity contribution in [3.8, 4) is 0 Å². The summed E-state index contributed by atoms with van der Waals surface area (Å²) in [5.41, 5.74) is 0.307. The number of anilines is 1. The van der Waals surface area contributed by atoms with Crippen molar-refractivity contribution in [2.75, 3.05) is 38.6 Å². The van der Waals surface area contributed by atoms with Crippen molar-refractivity contribution in [2.45, 2.75) is 17.7 Å². The molecule has 1 aliphatic rings. The highest BCUT2D eigenvalue weighted by atomic mass is 32.2. The third-order valence-electron chi connectivity index (χ3n) is 4.17. The number of benzene rings is 1. The number of nitro benzene ring substituents is 1. The van der Waals surface area contributed by atoms with Gasteiger partial charge in [-0.25, -0.2) is 13.1 Å². The van der Waals surface area contributed by atoms with E-state index >= 15 is 0 Å². The molecule has 0 radical (unpaired) electrons. The van der Waals surface area contributed by atoms with Crippen molar-refractivity contribution in [2.24, 2.45) is 5.92 Å². The average molecular weight is 342 g/mol. The van der Waals surface area contributed by atoms with Gasteiger partial charge in [-0.3, -0.25) is 10.1 Å². The van der Waals surface area contributed by atoms with Crippen molar-refractivity contribution in [1.29, 1.82) is 0 Å². The first-order valence-corrected chi connectivity index (χ1v) is 8.99. The van der Waals surface area contributed by atoms with Crippen molar-refractivity contribution in [3.63, 3.8) is 0 Å². The third kappa shape index (κ3) is 3.98. The Kier molecular flexibility index (Phi) is 5.55. The van der Waals surface area contributed by atoms with Gasteiger partial charge in [0.2, 0.25) is 10.0 Å². The van der Waals surface area contributed by atoms with Crippen molar-refractivity contribution in [1.82, 2.24) is 10.0 Å². The van der Waals surface area contributed by atoms with Gasteiger partial charge in [0.25, 0.3) is 5.69 Å². The minimum absolute atomic E-state index is 0.0967. The van der Waals surface area contributed by atoms with E-state index in [1.807, 2.05) is 11.9 Å². The van der Waals surface area contributed by atoms with Gasteiger partial charge in [-0.2, -0.15) is 0 Å². The Morgan fingerprint density at radius 3 is 2.48 bits per heavy atom. The number of nitro groups is 1. The van der Waals surface area contributed by atoms with Gasteiger partial charge in [0.05, 0.1) is 9.82 Å². The van der Waals surface area contributed by atoms with Gasteiger partial charge >= 0.3 is 0 Å². The number of sulfonamides is 1. The fourth-order valence-electron chi connectivity index (χ4n) is 2.87. The van der Waals surface area contributed by atoms with Gasteiger partial charge in [-0.05, 0) is 51.5 Å². The second-order valence-electron chi connectivity index (χ2n) is 5.60. The molecule has 1 aromatic rings. The highest BCUT2D eigenvalue weighted by Crippen LogP contribution is 2.33. The molecule has 0 bridgehead atoms. The van der Waals surface area contributed by atoms with Gasteiger partial charge < -0.3 is 10.2 Å². The first kappa shape index (κ1) is 17.6. The quantitative estimate of drug-likeness (QED) is 0.589. The molecular formula is C14H22N4O4S. The lowest BCUT2D eigenvalue weighted by atomic mass is 9.96. The molecule has 0 amide bonds. The van der Waals surface area contributed by atoms with Crippen LogP contribution in [0.1, 0.15) is 12.8 Å². The molecular weight excluding hydrogens is 320 g/mol. The van der Waals surface area contributed by atoms with Gasteiger partial charge in [0.1, 0.15) is 5.69 Å². The van der Waals surface area contributed by atoms with E-state index in [9.17, 15) is 18.5 Å².